The largest absolute Gasteiger partial charge is 0.488 e. The maximum absolute atomic E-state index is 6.33. The summed E-state index contributed by atoms with van der Waals surface area (Å²) in [6.45, 7) is 8.62. The van der Waals surface area contributed by atoms with Crippen LogP contribution in [0.25, 0.3) is 11.3 Å². The molecule has 0 saturated heterocycles. The predicted molar refractivity (Wildman–Crippen MR) is 94.8 cm³/mol. The minimum atomic E-state index is -0.390. The van der Waals surface area contributed by atoms with E-state index in [-0.39, 0.29) is 0 Å². The second-order valence-electron chi connectivity index (χ2n) is 6.73. The summed E-state index contributed by atoms with van der Waals surface area (Å²) in [4.78, 5) is 8.62. The lowest BCUT2D eigenvalue weighted by Gasteiger charge is -2.26. The third-order valence-electron chi connectivity index (χ3n) is 3.44. The quantitative estimate of drug-likeness (QED) is 0.858. The van der Waals surface area contributed by atoms with E-state index in [2.05, 4.69) is 23.8 Å². The summed E-state index contributed by atoms with van der Waals surface area (Å²) in [6, 6.07) is 5.69. The number of aromatic nitrogens is 2. The topological polar surface area (TPSA) is 61.0 Å². The summed E-state index contributed by atoms with van der Waals surface area (Å²) in [5.41, 5.74) is 8.58. The number of halogens is 1. The molecule has 0 aliphatic heterocycles. The molecule has 0 saturated carbocycles. The lowest BCUT2D eigenvalue weighted by atomic mass is 9.93. The zero-order chi connectivity index (χ0) is 17.0. The van der Waals surface area contributed by atoms with Crippen LogP contribution >= 0.6 is 11.6 Å². The van der Waals surface area contributed by atoms with Crippen LogP contribution in [0.3, 0.4) is 0 Å². The molecule has 124 valence electrons. The second kappa shape index (κ2) is 7.28. The Hall–Kier alpha value is -1.65. The molecule has 0 fully saturated rings. The number of rotatable bonds is 6. The van der Waals surface area contributed by atoms with Crippen LogP contribution in [0.1, 0.15) is 32.9 Å². The van der Waals surface area contributed by atoms with Crippen molar-refractivity contribution >= 4 is 11.6 Å². The van der Waals surface area contributed by atoms with Crippen LogP contribution in [-0.2, 0) is 0 Å². The van der Waals surface area contributed by atoms with E-state index in [0.29, 0.717) is 23.3 Å². The Balaban J connectivity index is 2.11. The van der Waals surface area contributed by atoms with Crippen LogP contribution < -0.4 is 10.5 Å². The molecule has 0 aliphatic carbocycles. The highest BCUT2D eigenvalue weighted by Crippen LogP contribution is 2.29. The van der Waals surface area contributed by atoms with E-state index in [9.17, 15) is 0 Å². The molecule has 4 nitrogen and oxygen atoms in total. The zero-order valence-corrected chi connectivity index (χ0v) is 14.9. The Bertz CT molecular complexity index is 671. The van der Waals surface area contributed by atoms with Gasteiger partial charge in [0.05, 0.1) is 16.9 Å². The molecule has 2 aromatic rings. The van der Waals surface area contributed by atoms with Crippen molar-refractivity contribution in [1.82, 2.24) is 9.97 Å². The molecule has 5 heteroatoms. The number of nitrogens with zero attached hydrogens (tertiary/aromatic N) is 2. The van der Waals surface area contributed by atoms with Crippen molar-refractivity contribution in [3.05, 3.63) is 41.3 Å². The van der Waals surface area contributed by atoms with E-state index in [1.165, 1.54) is 0 Å². The van der Waals surface area contributed by atoms with Crippen molar-refractivity contribution in [2.45, 2.75) is 39.7 Å². The monoisotopic (exact) mass is 333 g/mol. The average molecular weight is 334 g/mol. The molecular formula is C18H24ClN3O. The molecule has 2 heterocycles. The molecule has 0 aromatic carbocycles. The van der Waals surface area contributed by atoms with Crippen LogP contribution in [0.4, 0.5) is 0 Å². The minimum absolute atomic E-state index is 0.390. The van der Waals surface area contributed by atoms with Gasteiger partial charge in [-0.2, -0.15) is 0 Å². The number of hydrogen-bond acceptors (Lipinski definition) is 4. The molecule has 0 aliphatic rings. The van der Waals surface area contributed by atoms with Gasteiger partial charge in [0.25, 0.3) is 0 Å². The fraction of sp³-hybridized carbons (Fsp3) is 0.444. The van der Waals surface area contributed by atoms with Crippen LogP contribution in [0.2, 0.25) is 5.02 Å². The molecule has 0 radical (unpaired) electrons. The lowest BCUT2D eigenvalue weighted by Crippen LogP contribution is -2.43. The third-order valence-corrected chi connectivity index (χ3v) is 3.74. The van der Waals surface area contributed by atoms with E-state index >= 15 is 0 Å². The van der Waals surface area contributed by atoms with Gasteiger partial charge in [-0.3, -0.25) is 9.97 Å². The van der Waals surface area contributed by atoms with Crippen LogP contribution in [0.5, 0.6) is 5.75 Å². The molecule has 0 amide bonds. The van der Waals surface area contributed by atoms with E-state index in [0.717, 1.165) is 23.4 Å². The molecule has 2 aromatic heterocycles. The van der Waals surface area contributed by atoms with Gasteiger partial charge in [-0.15, -0.1) is 0 Å². The van der Waals surface area contributed by atoms with Crippen molar-refractivity contribution in [2.24, 2.45) is 11.7 Å². The van der Waals surface area contributed by atoms with Crippen molar-refractivity contribution in [1.29, 1.82) is 0 Å². The first-order chi connectivity index (χ1) is 10.8. The van der Waals surface area contributed by atoms with Crippen LogP contribution in [0, 0.1) is 12.8 Å². The molecule has 0 unspecified atom stereocenters. The summed E-state index contributed by atoms with van der Waals surface area (Å²) in [6.07, 6.45) is 4.29. The second-order valence-corrected chi connectivity index (χ2v) is 7.13. The van der Waals surface area contributed by atoms with Crippen molar-refractivity contribution < 1.29 is 4.74 Å². The molecule has 0 bridgehead atoms. The maximum Gasteiger partial charge on any atom is 0.156 e. The number of aryl methyl sites for hydroxylation is 1. The Labute approximate surface area is 143 Å². The van der Waals surface area contributed by atoms with E-state index in [1.807, 2.05) is 32.0 Å². The standard InChI is InChI=1S/C18H24ClN3O/c1-12(2)9-18(4,20)11-23-17-10-22-16(8-15(17)19)14-5-6-21-13(3)7-14/h5-8,10,12H,9,11,20H2,1-4H3/t18-/m0/s1. The predicted octanol–water partition coefficient (Wildman–Crippen LogP) is 4.25. The fourth-order valence-electron chi connectivity index (χ4n) is 2.62. The van der Waals surface area contributed by atoms with Crippen molar-refractivity contribution in [3.8, 4) is 17.0 Å². The van der Waals surface area contributed by atoms with E-state index in [4.69, 9.17) is 22.1 Å². The van der Waals surface area contributed by atoms with Gasteiger partial charge in [0.15, 0.2) is 5.75 Å². The fourth-order valence-corrected chi connectivity index (χ4v) is 2.83. The number of hydrogen-bond donors (Lipinski definition) is 1. The Morgan fingerprint density at radius 2 is 2.04 bits per heavy atom. The Morgan fingerprint density at radius 3 is 2.65 bits per heavy atom. The molecule has 2 rings (SSSR count). The third kappa shape index (κ3) is 5.19. The Morgan fingerprint density at radius 1 is 1.30 bits per heavy atom. The first-order valence-corrected chi connectivity index (χ1v) is 8.15. The highest BCUT2D eigenvalue weighted by Gasteiger charge is 2.21. The van der Waals surface area contributed by atoms with Gasteiger partial charge < -0.3 is 10.5 Å². The number of ether oxygens (including phenoxy) is 1. The highest BCUT2D eigenvalue weighted by molar-refractivity contribution is 6.32. The SMILES string of the molecule is Cc1cc(-c2cc(Cl)c(OC[C@@](C)(N)CC(C)C)cn2)ccn1. The molecule has 23 heavy (non-hydrogen) atoms. The molecular weight excluding hydrogens is 310 g/mol. The first-order valence-electron chi connectivity index (χ1n) is 7.77. The molecule has 1 atom stereocenters. The lowest BCUT2D eigenvalue weighted by molar-refractivity contribution is 0.206. The van der Waals surface area contributed by atoms with E-state index < -0.39 is 5.54 Å². The van der Waals surface area contributed by atoms with Crippen LogP contribution in [-0.4, -0.2) is 22.1 Å². The van der Waals surface area contributed by atoms with Gasteiger partial charge in [0, 0.05) is 23.0 Å². The number of nitrogens with two attached hydrogens (primary N) is 1. The summed E-state index contributed by atoms with van der Waals surface area (Å²) in [5.74, 6) is 1.07. The van der Waals surface area contributed by atoms with Crippen LogP contribution in [0.15, 0.2) is 30.6 Å². The molecule has 0 spiro atoms. The highest BCUT2D eigenvalue weighted by atomic mass is 35.5. The first kappa shape index (κ1) is 17.7. The van der Waals surface area contributed by atoms with E-state index in [1.54, 1.807) is 12.4 Å². The smallest absolute Gasteiger partial charge is 0.156 e. The maximum atomic E-state index is 6.33. The summed E-state index contributed by atoms with van der Waals surface area (Å²) < 4.78 is 5.79. The average Bonchev–Trinajstić information content (AvgIpc) is 2.44. The normalized spacial score (nSPS) is 13.9. The number of pyridine rings is 2. The van der Waals surface area contributed by atoms with Gasteiger partial charge in [0.1, 0.15) is 6.61 Å². The van der Waals surface area contributed by atoms with Gasteiger partial charge in [-0.1, -0.05) is 25.4 Å². The summed E-state index contributed by atoms with van der Waals surface area (Å²) in [5, 5.41) is 0.532. The summed E-state index contributed by atoms with van der Waals surface area (Å²) >= 11 is 6.33. The van der Waals surface area contributed by atoms with Gasteiger partial charge in [0.2, 0.25) is 0 Å². The van der Waals surface area contributed by atoms with Gasteiger partial charge >= 0.3 is 0 Å². The minimum Gasteiger partial charge on any atom is -0.488 e. The van der Waals surface area contributed by atoms with Gasteiger partial charge in [-0.05, 0) is 44.4 Å². The Kier molecular flexibility index (Phi) is 5.60. The summed E-state index contributed by atoms with van der Waals surface area (Å²) in [7, 11) is 0. The van der Waals surface area contributed by atoms with Crippen molar-refractivity contribution in [3.63, 3.8) is 0 Å². The van der Waals surface area contributed by atoms with Gasteiger partial charge in [-0.25, -0.2) is 0 Å². The van der Waals surface area contributed by atoms with Crippen molar-refractivity contribution in [2.75, 3.05) is 6.61 Å². The molecule has 2 N–H and O–H groups in total. The zero-order valence-electron chi connectivity index (χ0n) is 14.1.